The summed E-state index contributed by atoms with van der Waals surface area (Å²) in [4.78, 5) is 15.3. The molecule has 1 amide bonds. The molecule has 2 aromatic carbocycles. The lowest BCUT2D eigenvalue weighted by Crippen LogP contribution is -2.37. The highest BCUT2D eigenvalue weighted by Crippen LogP contribution is 2.29. The molecule has 1 saturated heterocycles. The van der Waals surface area contributed by atoms with Gasteiger partial charge in [-0.05, 0) is 41.0 Å². The van der Waals surface area contributed by atoms with Crippen LogP contribution in [0, 0.1) is 0 Å². The second-order valence-electron chi connectivity index (χ2n) is 8.94. The largest absolute Gasteiger partial charge is 0.493 e. The molecular weight excluding hydrogens is 518 g/mol. The van der Waals surface area contributed by atoms with E-state index in [1.807, 2.05) is 36.4 Å². The molecule has 0 saturated carbocycles. The molecule has 0 atom stereocenters. The van der Waals surface area contributed by atoms with Crippen LogP contribution in [0.2, 0.25) is 0 Å². The van der Waals surface area contributed by atoms with E-state index in [1.54, 1.807) is 26.2 Å². The van der Waals surface area contributed by atoms with Crippen LogP contribution >= 0.6 is 0 Å². The number of amides is 1. The highest BCUT2D eigenvalue weighted by molar-refractivity contribution is 6.01. The van der Waals surface area contributed by atoms with E-state index >= 15 is 0 Å². The number of carbonyl (C=O) groups is 1. The number of rotatable bonds is 10. The third kappa shape index (κ3) is 6.08. The van der Waals surface area contributed by atoms with Crippen molar-refractivity contribution < 1.29 is 23.6 Å². The molecular formula is C26H29N9O5. The first-order valence-corrected chi connectivity index (χ1v) is 12.6. The van der Waals surface area contributed by atoms with Gasteiger partial charge in [0, 0.05) is 25.2 Å². The van der Waals surface area contributed by atoms with Crippen LogP contribution < -0.4 is 20.6 Å². The maximum atomic E-state index is 13.2. The Morgan fingerprint density at radius 2 is 1.93 bits per heavy atom. The van der Waals surface area contributed by atoms with Crippen LogP contribution in [0.5, 0.6) is 11.5 Å². The van der Waals surface area contributed by atoms with E-state index in [-0.39, 0.29) is 17.3 Å². The van der Waals surface area contributed by atoms with Gasteiger partial charge in [0.25, 0.3) is 5.91 Å². The number of benzene rings is 2. The lowest BCUT2D eigenvalue weighted by molar-refractivity contribution is 0.0332. The summed E-state index contributed by atoms with van der Waals surface area (Å²) in [6.07, 6.45) is 0. The van der Waals surface area contributed by atoms with E-state index in [4.69, 9.17) is 24.6 Å². The van der Waals surface area contributed by atoms with Gasteiger partial charge in [-0.1, -0.05) is 35.5 Å². The topological polar surface area (TPSA) is 168 Å². The van der Waals surface area contributed by atoms with Crippen molar-refractivity contribution in [3.8, 4) is 17.3 Å². The normalized spacial score (nSPS) is 14.2. The van der Waals surface area contributed by atoms with Crippen molar-refractivity contribution in [1.82, 2.24) is 35.6 Å². The zero-order chi connectivity index (χ0) is 27.9. The van der Waals surface area contributed by atoms with Crippen LogP contribution in [-0.2, 0) is 17.9 Å². The Morgan fingerprint density at radius 3 is 2.65 bits per heavy atom. The third-order valence-electron chi connectivity index (χ3n) is 6.30. The molecule has 0 bridgehead atoms. The van der Waals surface area contributed by atoms with E-state index in [0.29, 0.717) is 62.4 Å². The average Bonchev–Trinajstić information content (AvgIpc) is 3.61. The number of aromatic nitrogens is 5. The molecule has 0 aliphatic carbocycles. The minimum Gasteiger partial charge on any atom is -0.493 e. The molecule has 0 unspecified atom stereocenters. The Bertz CT molecular complexity index is 1480. The zero-order valence-electron chi connectivity index (χ0n) is 22.1. The minimum atomic E-state index is -0.543. The van der Waals surface area contributed by atoms with Crippen molar-refractivity contribution >= 4 is 17.4 Å². The van der Waals surface area contributed by atoms with E-state index in [1.165, 1.54) is 4.68 Å². The van der Waals surface area contributed by atoms with Crippen molar-refractivity contribution in [3.63, 3.8) is 0 Å². The number of nitrogens with two attached hydrogens (primary N) is 1. The molecule has 40 heavy (non-hydrogen) atoms. The molecule has 3 N–H and O–H groups in total. The minimum absolute atomic E-state index is 0.0269. The van der Waals surface area contributed by atoms with Gasteiger partial charge >= 0.3 is 0 Å². The highest BCUT2D eigenvalue weighted by atomic mass is 16.6. The first-order chi connectivity index (χ1) is 19.5. The van der Waals surface area contributed by atoms with Gasteiger partial charge in [0.05, 0.1) is 31.7 Å². The molecule has 5 rings (SSSR count). The van der Waals surface area contributed by atoms with Crippen LogP contribution in [0.4, 0.5) is 5.82 Å². The molecule has 0 spiro atoms. The lowest BCUT2D eigenvalue weighted by Gasteiger charge is -2.26. The number of ether oxygens (including phenoxy) is 3. The van der Waals surface area contributed by atoms with E-state index in [2.05, 4.69) is 36.1 Å². The molecule has 1 aliphatic rings. The van der Waals surface area contributed by atoms with Gasteiger partial charge in [-0.25, -0.2) is 10.1 Å². The van der Waals surface area contributed by atoms with Gasteiger partial charge in [0.1, 0.15) is 6.61 Å². The quantitative estimate of drug-likeness (QED) is 0.219. The number of nitrogen functional groups attached to an aromatic ring is 1. The molecule has 1 aliphatic heterocycles. The fourth-order valence-corrected chi connectivity index (χ4v) is 4.10. The van der Waals surface area contributed by atoms with Crippen molar-refractivity contribution in [2.45, 2.75) is 20.1 Å². The van der Waals surface area contributed by atoms with Crippen molar-refractivity contribution in [2.24, 2.45) is 5.10 Å². The maximum absolute atomic E-state index is 13.2. The number of nitrogens with one attached hydrogen (secondary N) is 1. The van der Waals surface area contributed by atoms with Crippen LogP contribution in [0.25, 0.3) is 5.82 Å². The summed E-state index contributed by atoms with van der Waals surface area (Å²) in [6, 6.07) is 15.3. The number of anilines is 1. The predicted molar refractivity (Wildman–Crippen MR) is 143 cm³/mol. The fraction of sp³-hybridized carbons (Fsp3) is 0.308. The smallest absolute Gasteiger partial charge is 0.293 e. The van der Waals surface area contributed by atoms with Gasteiger partial charge in [0.2, 0.25) is 11.6 Å². The Hall–Kier alpha value is -4.82. The predicted octanol–water partition coefficient (Wildman–Crippen LogP) is 1.81. The van der Waals surface area contributed by atoms with E-state index in [0.717, 1.165) is 11.1 Å². The molecule has 14 heteroatoms. The summed E-state index contributed by atoms with van der Waals surface area (Å²) in [5.41, 5.74) is 11.3. The summed E-state index contributed by atoms with van der Waals surface area (Å²) in [5, 5.41) is 19.9. The Kier molecular flexibility index (Phi) is 8.27. The van der Waals surface area contributed by atoms with Crippen molar-refractivity contribution in [1.29, 1.82) is 0 Å². The van der Waals surface area contributed by atoms with Gasteiger partial charge in [-0.2, -0.15) is 9.78 Å². The summed E-state index contributed by atoms with van der Waals surface area (Å²) in [7, 11) is 1.57. The van der Waals surface area contributed by atoms with E-state index in [9.17, 15) is 4.79 Å². The number of nitrogens with zero attached hydrogens (tertiary/aromatic N) is 7. The molecule has 2 aromatic heterocycles. The first-order valence-electron chi connectivity index (χ1n) is 12.6. The zero-order valence-corrected chi connectivity index (χ0v) is 22.1. The van der Waals surface area contributed by atoms with E-state index < -0.39 is 5.91 Å². The Balaban J connectivity index is 1.32. The van der Waals surface area contributed by atoms with Crippen molar-refractivity contribution in [2.75, 3.05) is 39.1 Å². The van der Waals surface area contributed by atoms with Gasteiger partial charge in [0.15, 0.2) is 17.2 Å². The first kappa shape index (κ1) is 26.8. The summed E-state index contributed by atoms with van der Waals surface area (Å²) >= 11 is 0. The van der Waals surface area contributed by atoms with Crippen molar-refractivity contribution in [3.05, 3.63) is 71.0 Å². The summed E-state index contributed by atoms with van der Waals surface area (Å²) in [6.45, 7) is 5.07. The molecule has 4 aromatic rings. The number of hydrogen-bond donors (Lipinski definition) is 2. The number of carbonyl (C=O) groups excluding carboxylic acids is 1. The molecule has 1 fully saturated rings. The number of methoxy groups -OCH3 is 1. The number of morpholine rings is 1. The summed E-state index contributed by atoms with van der Waals surface area (Å²) in [5.74, 6) is 0.774. The number of hydrazone groups is 1. The summed E-state index contributed by atoms with van der Waals surface area (Å²) < 4.78 is 23.0. The van der Waals surface area contributed by atoms with Gasteiger partial charge in [-0.3, -0.25) is 9.69 Å². The Labute approximate surface area is 229 Å². The average molecular weight is 548 g/mol. The highest BCUT2D eigenvalue weighted by Gasteiger charge is 2.26. The standard InChI is InChI=1S/C26H29N9O5/c1-17(19-8-9-21(22(14-19)37-2)39-16-18-6-4-3-5-7-18)28-30-26(36)23-20(15-34-10-12-38-13-11-34)35(33-29-23)25-24(27)31-40-32-25/h3-9,14H,10-13,15-16H2,1-2H3,(H2,27,31)(H,30,36)/b28-17-. The second-order valence-corrected chi connectivity index (χ2v) is 8.94. The molecule has 14 nitrogen and oxygen atoms in total. The van der Waals surface area contributed by atoms with Crippen LogP contribution in [0.3, 0.4) is 0 Å². The van der Waals surface area contributed by atoms with Gasteiger partial charge in [-0.15, -0.1) is 5.10 Å². The fourth-order valence-electron chi connectivity index (χ4n) is 4.10. The maximum Gasteiger partial charge on any atom is 0.293 e. The third-order valence-corrected chi connectivity index (χ3v) is 6.30. The monoisotopic (exact) mass is 547 g/mol. The molecule has 208 valence electrons. The second kappa shape index (κ2) is 12.4. The lowest BCUT2D eigenvalue weighted by atomic mass is 10.1. The molecule has 0 radical (unpaired) electrons. The van der Waals surface area contributed by atoms with Gasteiger partial charge < -0.3 is 19.9 Å². The van der Waals surface area contributed by atoms with Crippen LogP contribution in [0.1, 0.15) is 34.2 Å². The number of hydrogen-bond acceptors (Lipinski definition) is 12. The Morgan fingerprint density at radius 1 is 1.12 bits per heavy atom. The van der Waals surface area contributed by atoms with Crippen LogP contribution in [-0.4, -0.2) is 75.2 Å². The molecule has 3 heterocycles. The van der Waals surface area contributed by atoms with Crippen LogP contribution in [0.15, 0.2) is 58.3 Å². The SMILES string of the molecule is COc1cc(/C(C)=N\NC(=O)c2nnn(-c3nonc3N)c2CN2CCOCC2)ccc1OCc1ccccc1.